The van der Waals surface area contributed by atoms with Gasteiger partial charge in [-0.3, -0.25) is 9.80 Å². The topological polar surface area (TPSA) is 24.9 Å². The van der Waals surface area contributed by atoms with E-state index < -0.39 is 0 Å². The number of nitrogens with zero attached hydrogens (tertiary/aromatic N) is 2. The Morgan fingerprint density at radius 3 is 1.02 bits per heavy atom. The molecule has 0 aromatic rings. The fourth-order valence-corrected chi connectivity index (χ4v) is 15.8. The number of hydrogen-bond acceptors (Lipinski definition) is 4. The van der Waals surface area contributed by atoms with E-state index in [1.165, 1.54) is 167 Å². The molecule has 7 saturated carbocycles. The average Bonchev–Trinajstić information content (AvgIpc) is 3.23. The summed E-state index contributed by atoms with van der Waals surface area (Å²) < 4.78 is 14.0. The smallest absolute Gasteiger partial charge is 0.0578 e. The van der Waals surface area contributed by atoms with Gasteiger partial charge in [-0.1, -0.05) is 82.1 Å². The summed E-state index contributed by atoms with van der Waals surface area (Å²) in [6.07, 6.45) is 36.9. The van der Waals surface area contributed by atoms with Gasteiger partial charge in [0.15, 0.2) is 0 Å². The van der Waals surface area contributed by atoms with Gasteiger partial charge in [0.05, 0.1) is 12.2 Å². The van der Waals surface area contributed by atoms with Gasteiger partial charge >= 0.3 is 0 Å². The first-order valence-electron chi connectivity index (χ1n) is 27.5. The van der Waals surface area contributed by atoms with Crippen molar-refractivity contribution in [3.05, 3.63) is 0 Å². The molecule has 7 aliphatic carbocycles. The summed E-state index contributed by atoms with van der Waals surface area (Å²) in [6.45, 7) is 26.9. The Morgan fingerprint density at radius 2 is 0.717 bits per heavy atom. The zero-order chi connectivity index (χ0) is 42.6. The average molecular weight is 835 g/mol. The van der Waals surface area contributed by atoms with Crippen LogP contribution in [-0.4, -0.2) is 71.5 Å². The molecule has 7 aliphatic rings. The van der Waals surface area contributed by atoms with Crippen molar-refractivity contribution >= 4 is 0 Å². The van der Waals surface area contributed by atoms with Crippen molar-refractivity contribution in [2.45, 2.75) is 285 Å². The summed E-state index contributed by atoms with van der Waals surface area (Å²) in [5.41, 5.74) is 0.860. The summed E-state index contributed by atoms with van der Waals surface area (Å²) >= 11 is 0. The second-order valence-corrected chi connectivity index (χ2v) is 25.4. The minimum atomic E-state index is 0.430. The normalized spacial score (nSPS) is 42.2. The van der Waals surface area contributed by atoms with Gasteiger partial charge in [0.2, 0.25) is 0 Å². The lowest BCUT2D eigenvalue weighted by atomic mass is 9.52. The first-order valence-corrected chi connectivity index (χ1v) is 27.5. The Morgan fingerprint density at radius 1 is 0.400 bits per heavy atom. The quantitative estimate of drug-likeness (QED) is 0.163. The van der Waals surface area contributed by atoms with Gasteiger partial charge < -0.3 is 9.47 Å². The van der Waals surface area contributed by atoms with E-state index in [2.05, 4.69) is 79.0 Å². The lowest BCUT2D eigenvalue weighted by Crippen LogP contribution is -2.70. The van der Waals surface area contributed by atoms with Crippen LogP contribution in [0.1, 0.15) is 236 Å². The molecule has 4 nitrogen and oxygen atoms in total. The van der Waals surface area contributed by atoms with E-state index in [0.717, 1.165) is 96.8 Å². The highest BCUT2D eigenvalue weighted by Gasteiger charge is 2.59. The molecule has 8 atom stereocenters. The summed E-state index contributed by atoms with van der Waals surface area (Å²) in [7, 11) is 0. The molecule has 0 aromatic heterocycles. The summed E-state index contributed by atoms with van der Waals surface area (Å²) in [5, 5.41) is 0. The zero-order valence-electron chi connectivity index (χ0n) is 41.7. The van der Waals surface area contributed by atoms with E-state index >= 15 is 0 Å². The van der Waals surface area contributed by atoms with Crippen LogP contribution in [0.2, 0.25) is 0 Å². The minimum absolute atomic E-state index is 0.430. The predicted octanol–water partition coefficient (Wildman–Crippen LogP) is 14.9. The maximum atomic E-state index is 7.00. The van der Waals surface area contributed by atoms with Crippen molar-refractivity contribution in [1.82, 2.24) is 9.80 Å². The first-order chi connectivity index (χ1) is 28.8. The van der Waals surface area contributed by atoms with Crippen LogP contribution in [0.4, 0.5) is 0 Å². The monoisotopic (exact) mass is 835 g/mol. The highest BCUT2D eigenvalue weighted by molar-refractivity contribution is 5.12. The fourth-order valence-electron chi connectivity index (χ4n) is 15.8. The van der Waals surface area contributed by atoms with Gasteiger partial charge in [-0.2, -0.15) is 0 Å². The molecule has 0 spiro atoms. The second kappa shape index (κ2) is 21.4. The Balaban J connectivity index is 1.30. The van der Waals surface area contributed by atoms with Crippen molar-refractivity contribution < 1.29 is 9.47 Å². The molecule has 4 heteroatoms. The molecule has 7 rings (SSSR count). The molecular formula is C56H102N2O2. The largest absolute Gasteiger partial charge is 0.378 e. The Labute approximate surface area is 374 Å². The molecule has 0 radical (unpaired) electrons. The minimum Gasteiger partial charge on any atom is -0.378 e. The maximum Gasteiger partial charge on any atom is 0.0578 e. The standard InChI is InChI=1S/C56H102N2O2/c1-11-13-35-59-47-31-33-49-51(37-47)53(57(43-23-15-39(3)16-24-43)45-27-19-41(20-28-45)55(5,6)7)50-34-32-48(60-36-14-12-2)38-52(50)54(49)58(44-25-17-40(4)18-26-44)46-29-21-42(22-30-46)56(8,9)10/h39-54H,11-38H2,1-10H3. The van der Waals surface area contributed by atoms with E-state index in [-0.39, 0.29) is 0 Å². The fraction of sp³-hybridized carbons (Fsp3) is 1.00. The van der Waals surface area contributed by atoms with Crippen molar-refractivity contribution in [3.8, 4) is 0 Å². The van der Waals surface area contributed by atoms with Crippen LogP contribution in [0, 0.1) is 58.2 Å². The van der Waals surface area contributed by atoms with Crippen molar-refractivity contribution in [3.63, 3.8) is 0 Å². The van der Waals surface area contributed by atoms with Crippen LogP contribution in [0.3, 0.4) is 0 Å². The summed E-state index contributed by atoms with van der Waals surface area (Å²) in [5.74, 6) is 6.69. The second-order valence-electron chi connectivity index (χ2n) is 25.4. The van der Waals surface area contributed by atoms with Gasteiger partial charge in [0.25, 0.3) is 0 Å². The van der Waals surface area contributed by atoms with E-state index in [1.807, 2.05) is 0 Å². The SMILES string of the molecule is CCCCOC1CCC2C(C1)C(N(C1CCC(C)CC1)C1CCC(C(C)(C)C)CC1)C1CCC(OCCCC)CC1C2N(C1CCC(C)CC1)C1CCC(C(C)(C)C)CC1. The lowest BCUT2D eigenvalue weighted by Gasteiger charge is -2.65. The van der Waals surface area contributed by atoms with Crippen molar-refractivity contribution in [2.24, 2.45) is 58.2 Å². The molecule has 0 aliphatic heterocycles. The third-order valence-corrected chi connectivity index (χ3v) is 19.5. The molecule has 348 valence electrons. The summed E-state index contributed by atoms with van der Waals surface area (Å²) in [4.78, 5) is 6.87. The van der Waals surface area contributed by atoms with Gasteiger partial charge in [-0.15, -0.1) is 0 Å². The van der Waals surface area contributed by atoms with E-state index in [1.54, 1.807) is 0 Å². The lowest BCUT2D eigenvalue weighted by molar-refractivity contribution is -0.175. The number of unbranched alkanes of at least 4 members (excludes halogenated alkanes) is 2. The van der Waals surface area contributed by atoms with Gasteiger partial charge in [-0.25, -0.2) is 0 Å². The number of hydrogen-bond donors (Lipinski definition) is 0. The van der Waals surface area contributed by atoms with Crippen LogP contribution in [0.5, 0.6) is 0 Å². The molecule has 0 amide bonds. The van der Waals surface area contributed by atoms with Crippen LogP contribution in [0.15, 0.2) is 0 Å². The number of ether oxygens (including phenoxy) is 2. The maximum absolute atomic E-state index is 7.00. The van der Waals surface area contributed by atoms with E-state index in [0.29, 0.717) is 23.0 Å². The first kappa shape index (κ1) is 47.8. The van der Waals surface area contributed by atoms with Crippen molar-refractivity contribution in [2.75, 3.05) is 13.2 Å². The van der Waals surface area contributed by atoms with Crippen LogP contribution in [-0.2, 0) is 9.47 Å². The molecule has 0 aromatic carbocycles. The molecular weight excluding hydrogens is 733 g/mol. The summed E-state index contributed by atoms with van der Waals surface area (Å²) in [6, 6.07) is 4.56. The third-order valence-electron chi connectivity index (χ3n) is 19.5. The molecule has 0 N–H and O–H groups in total. The molecule has 7 fully saturated rings. The van der Waals surface area contributed by atoms with Crippen LogP contribution >= 0.6 is 0 Å². The van der Waals surface area contributed by atoms with Gasteiger partial charge in [0, 0.05) is 49.5 Å². The Bertz CT molecular complexity index is 1140. The highest BCUT2D eigenvalue weighted by atomic mass is 16.5. The highest BCUT2D eigenvalue weighted by Crippen LogP contribution is 2.58. The zero-order valence-corrected chi connectivity index (χ0v) is 41.7. The molecule has 0 heterocycles. The van der Waals surface area contributed by atoms with Gasteiger partial charge in [-0.05, 0) is 212 Å². The molecule has 8 unspecified atom stereocenters. The Hall–Kier alpha value is -0.160. The van der Waals surface area contributed by atoms with E-state index in [9.17, 15) is 0 Å². The van der Waals surface area contributed by atoms with Gasteiger partial charge in [0.1, 0.15) is 0 Å². The predicted molar refractivity (Wildman–Crippen MR) is 255 cm³/mol. The van der Waals surface area contributed by atoms with Crippen LogP contribution in [0.25, 0.3) is 0 Å². The Kier molecular flexibility index (Phi) is 17.1. The number of rotatable bonds is 14. The number of fused-ring (bicyclic) bond motifs is 2. The third kappa shape index (κ3) is 11.4. The molecule has 60 heavy (non-hydrogen) atoms. The van der Waals surface area contributed by atoms with E-state index in [4.69, 9.17) is 9.47 Å². The van der Waals surface area contributed by atoms with Crippen LogP contribution < -0.4 is 0 Å². The molecule has 0 bridgehead atoms. The van der Waals surface area contributed by atoms with Crippen molar-refractivity contribution in [1.29, 1.82) is 0 Å². The molecule has 0 saturated heterocycles.